The van der Waals surface area contributed by atoms with Crippen molar-refractivity contribution in [3.63, 3.8) is 0 Å². The van der Waals surface area contributed by atoms with Gasteiger partial charge >= 0.3 is 0 Å². The molecule has 2 aromatic rings. The van der Waals surface area contributed by atoms with Crippen molar-refractivity contribution in [3.05, 3.63) is 50.6 Å². The summed E-state index contributed by atoms with van der Waals surface area (Å²) in [7, 11) is 0. The Morgan fingerprint density at radius 1 is 1.27 bits per heavy atom. The third-order valence-electron chi connectivity index (χ3n) is 3.44. The van der Waals surface area contributed by atoms with Gasteiger partial charge in [0.15, 0.2) is 5.96 Å². The number of nitrogens with zero attached hydrogens (tertiary/aromatic N) is 1. The first-order valence-corrected chi connectivity index (χ1v) is 9.86. The zero-order valence-electron chi connectivity index (χ0n) is 14.8. The Morgan fingerprint density at radius 2 is 2.08 bits per heavy atom. The number of rotatable bonds is 7. The van der Waals surface area contributed by atoms with Crippen molar-refractivity contribution in [1.82, 2.24) is 10.6 Å². The first kappa shape index (κ1) is 22.9. The number of nitrogens with one attached hydrogen (secondary N) is 3. The summed E-state index contributed by atoms with van der Waals surface area (Å²) in [6, 6.07) is 9.92. The van der Waals surface area contributed by atoms with E-state index in [4.69, 9.17) is 0 Å². The first-order chi connectivity index (χ1) is 12.1. The number of amides is 1. The predicted octanol–water partition coefficient (Wildman–Crippen LogP) is 4.52. The molecule has 0 fully saturated rings. The highest BCUT2D eigenvalue weighted by Crippen LogP contribution is 2.20. The van der Waals surface area contributed by atoms with Crippen LogP contribution in [0.1, 0.15) is 23.8 Å². The Labute approximate surface area is 184 Å². The fraction of sp³-hybridized carbons (Fsp3) is 0.333. The molecule has 1 aromatic carbocycles. The van der Waals surface area contributed by atoms with Gasteiger partial charge in [-0.2, -0.15) is 0 Å². The Hall–Kier alpha value is -1.13. The molecule has 142 valence electrons. The Bertz CT molecular complexity index is 722. The van der Waals surface area contributed by atoms with E-state index in [1.54, 1.807) is 11.3 Å². The summed E-state index contributed by atoms with van der Waals surface area (Å²) in [5.74, 6) is 0.699. The van der Waals surface area contributed by atoms with E-state index in [1.165, 1.54) is 4.88 Å². The van der Waals surface area contributed by atoms with E-state index in [0.717, 1.165) is 28.2 Å². The summed E-state index contributed by atoms with van der Waals surface area (Å²) < 4.78 is 0.946. The number of hydrogen-bond donors (Lipinski definition) is 3. The van der Waals surface area contributed by atoms with Gasteiger partial charge in [-0.1, -0.05) is 28.1 Å². The maximum absolute atomic E-state index is 12.1. The van der Waals surface area contributed by atoms with Crippen molar-refractivity contribution >= 4 is 68.8 Å². The van der Waals surface area contributed by atoms with Crippen molar-refractivity contribution in [2.24, 2.45) is 4.99 Å². The van der Waals surface area contributed by atoms with Crippen molar-refractivity contribution in [2.45, 2.75) is 26.8 Å². The summed E-state index contributed by atoms with van der Waals surface area (Å²) in [5.41, 5.74) is 1.87. The molecule has 0 saturated heterocycles. The molecule has 0 atom stereocenters. The summed E-state index contributed by atoms with van der Waals surface area (Å²) in [6.07, 6.45) is 0.370. The Kier molecular flexibility index (Phi) is 10.8. The molecular formula is C18H24BrIN4OS. The van der Waals surface area contributed by atoms with Crippen LogP contribution in [0.5, 0.6) is 0 Å². The third kappa shape index (κ3) is 8.05. The average molecular weight is 551 g/mol. The molecule has 0 aliphatic carbocycles. The van der Waals surface area contributed by atoms with E-state index in [9.17, 15) is 4.79 Å². The van der Waals surface area contributed by atoms with Gasteiger partial charge in [0, 0.05) is 34.5 Å². The van der Waals surface area contributed by atoms with E-state index in [2.05, 4.69) is 42.9 Å². The molecule has 0 spiro atoms. The van der Waals surface area contributed by atoms with Crippen LogP contribution < -0.4 is 16.0 Å². The van der Waals surface area contributed by atoms with Gasteiger partial charge in [-0.15, -0.1) is 35.3 Å². The lowest BCUT2D eigenvalue weighted by Crippen LogP contribution is -2.38. The number of guanidine groups is 1. The molecule has 0 saturated carbocycles. The van der Waals surface area contributed by atoms with Crippen LogP contribution in [0.25, 0.3) is 0 Å². The topological polar surface area (TPSA) is 65.5 Å². The van der Waals surface area contributed by atoms with Crippen LogP contribution >= 0.6 is 51.2 Å². The molecule has 0 unspecified atom stereocenters. The van der Waals surface area contributed by atoms with Gasteiger partial charge in [0.1, 0.15) is 0 Å². The zero-order valence-corrected chi connectivity index (χ0v) is 19.6. The highest BCUT2D eigenvalue weighted by atomic mass is 127. The molecule has 0 radical (unpaired) electrons. The molecule has 1 aromatic heterocycles. The molecule has 1 amide bonds. The lowest BCUT2D eigenvalue weighted by atomic mass is 10.2. The van der Waals surface area contributed by atoms with Crippen LogP contribution in [0.15, 0.2) is 45.2 Å². The molecule has 26 heavy (non-hydrogen) atoms. The van der Waals surface area contributed by atoms with E-state index < -0.39 is 0 Å². The van der Waals surface area contributed by atoms with Crippen molar-refractivity contribution < 1.29 is 4.79 Å². The lowest BCUT2D eigenvalue weighted by molar-refractivity contribution is -0.116. The largest absolute Gasteiger partial charge is 0.357 e. The molecule has 2 rings (SSSR count). The summed E-state index contributed by atoms with van der Waals surface area (Å²) in [4.78, 5) is 17.9. The maximum Gasteiger partial charge on any atom is 0.226 e. The number of thiophene rings is 1. The molecule has 0 bridgehead atoms. The fourth-order valence-corrected chi connectivity index (χ4v) is 3.13. The summed E-state index contributed by atoms with van der Waals surface area (Å²) >= 11 is 5.11. The molecule has 0 aliphatic rings. The van der Waals surface area contributed by atoms with Crippen molar-refractivity contribution in [3.8, 4) is 0 Å². The average Bonchev–Trinajstić information content (AvgIpc) is 3.09. The number of hydrogen-bond acceptors (Lipinski definition) is 3. The predicted molar refractivity (Wildman–Crippen MR) is 125 cm³/mol. The second kappa shape index (κ2) is 12.3. The smallest absolute Gasteiger partial charge is 0.226 e. The van der Waals surface area contributed by atoms with Crippen molar-refractivity contribution in [2.75, 3.05) is 18.4 Å². The van der Waals surface area contributed by atoms with Gasteiger partial charge in [0.2, 0.25) is 5.91 Å². The minimum absolute atomic E-state index is 0. The van der Waals surface area contributed by atoms with Gasteiger partial charge in [-0.3, -0.25) is 4.79 Å². The third-order valence-corrected chi connectivity index (χ3v) is 4.79. The van der Waals surface area contributed by atoms with Crippen molar-refractivity contribution in [1.29, 1.82) is 0 Å². The summed E-state index contributed by atoms with van der Waals surface area (Å²) in [6.45, 7) is 5.93. The van der Waals surface area contributed by atoms with Crippen LogP contribution in [0, 0.1) is 6.92 Å². The summed E-state index contributed by atoms with van der Waals surface area (Å²) in [5, 5.41) is 11.4. The van der Waals surface area contributed by atoms with E-state index in [1.807, 2.05) is 43.5 Å². The standard InChI is InChI=1S/C18H23BrN4OS.HI/c1-3-20-18(22-12-15-5-4-10-25-15)21-9-8-17(24)23-16-11-14(19)7-6-13(16)2;/h4-7,10-11H,3,8-9,12H2,1-2H3,(H,23,24)(H2,20,21,22);1H. The van der Waals surface area contributed by atoms with Gasteiger partial charge < -0.3 is 16.0 Å². The number of aliphatic imine (C=N–C) groups is 1. The number of halogens is 2. The number of aryl methyl sites for hydroxylation is 1. The molecular weight excluding hydrogens is 527 g/mol. The molecule has 0 aliphatic heterocycles. The SMILES string of the molecule is CCNC(=NCc1cccs1)NCCC(=O)Nc1cc(Br)ccc1C.I. The lowest BCUT2D eigenvalue weighted by Gasteiger charge is -2.12. The number of benzene rings is 1. The van der Waals surface area contributed by atoms with Crippen LogP contribution in [-0.4, -0.2) is 25.0 Å². The molecule has 5 nitrogen and oxygen atoms in total. The van der Waals surface area contributed by atoms with Gasteiger partial charge in [-0.05, 0) is 43.0 Å². The second-order valence-corrected chi connectivity index (χ2v) is 7.41. The van der Waals surface area contributed by atoms with Crippen LogP contribution in [-0.2, 0) is 11.3 Å². The minimum atomic E-state index is -0.0252. The minimum Gasteiger partial charge on any atom is -0.357 e. The monoisotopic (exact) mass is 550 g/mol. The molecule has 3 N–H and O–H groups in total. The van der Waals surface area contributed by atoms with Crippen LogP contribution in [0.2, 0.25) is 0 Å². The maximum atomic E-state index is 12.1. The molecule has 1 heterocycles. The fourth-order valence-electron chi connectivity index (χ4n) is 2.14. The van der Waals surface area contributed by atoms with Crippen LogP contribution in [0.4, 0.5) is 5.69 Å². The Morgan fingerprint density at radius 3 is 2.77 bits per heavy atom. The quantitative estimate of drug-likeness (QED) is 0.270. The van der Waals surface area contributed by atoms with Gasteiger partial charge in [-0.25, -0.2) is 4.99 Å². The van der Waals surface area contributed by atoms with E-state index >= 15 is 0 Å². The molecule has 8 heteroatoms. The second-order valence-electron chi connectivity index (χ2n) is 5.46. The highest BCUT2D eigenvalue weighted by Gasteiger charge is 2.06. The highest BCUT2D eigenvalue weighted by molar-refractivity contribution is 14.0. The number of carbonyl (C=O) groups is 1. The van der Waals surface area contributed by atoms with Gasteiger partial charge in [0.25, 0.3) is 0 Å². The zero-order chi connectivity index (χ0) is 18.1. The number of carbonyl (C=O) groups excluding carboxylic acids is 1. The Balaban J connectivity index is 0.00000338. The van der Waals surface area contributed by atoms with E-state index in [0.29, 0.717) is 19.5 Å². The number of anilines is 1. The van der Waals surface area contributed by atoms with Gasteiger partial charge in [0.05, 0.1) is 6.54 Å². The van der Waals surface area contributed by atoms with Crippen LogP contribution in [0.3, 0.4) is 0 Å². The normalized spacial score (nSPS) is 10.8. The van der Waals surface area contributed by atoms with E-state index in [-0.39, 0.29) is 29.9 Å². The first-order valence-electron chi connectivity index (χ1n) is 8.19.